The second-order valence-electron chi connectivity index (χ2n) is 7.12. The number of aliphatic hydroxyl groups excluding tert-OH is 1. The summed E-state index contributed by atoms with van der Waals surface area (Å²) in [5.41, 5.74) is 2.24. The fourth-order valence-corrected chi connectivity index (χ4v) is 3.67. The van der Waals surface area contributed by atoms with Crippen molar-refractivity contribution in [2.24, 2.45) is 0 Å². The fraction of sp³-hybridized carbons (Fsp3) is 0.167. The second-order valence-corrected chi connectivity index (χ2v) is 7.12. The smallest absolute Gasteiger partial charge is 0.296 e. The molecule has 0 aliphatic carbocycles. The summed E-state index contributed by atoms with van der Waals surface area (Å²) in [5.74, 6) is -0.661. The Morgan fingerprint density at radius 2 is 1.80 bits per heavy atom. The van der Waals surface area contributed by atoms with Crippen LogP contribution in [0.25, 0.3) is 5.76 Å². The molecule has 1 fully saturated rings. The first kappa shape index (κ1) is 19.5. The highest BCUT2D eigenvalue weighted by Gasteiger charge is 2.47. The first-order chi connectivity index (χ1) is 14.5. The number of hydrogen-bond acceptors (Lipinski definition) is 5. The van der Waals surface area contributed by atoms with Gasteiger partial charge in [-0.3, -0.25) is 9.59 Å². The Bertz CT molecular complexity index is 1110. The van der Waals surface area contributed by atoms with Crippen LogP contribution >= 0.6 is 0 Å². The molecule has 0 radical (unpaired) electrons. The summed E-state index contributed by atoms with van der Waals surface area (Å²) in [6, 6.07) is 16.9. The number of nitrogens with zero attached hydrogens (tertiary/aromatic N) is 1. The minimum absolute atomic E-state index is 0.00806. The molecule has 1 N–H and O–H groups in total. The summed E-state index contributed by atoms with van der Waals surface area (Å²) in [6.45, 7) is 2.06. The second kappa shape index (κ2) is 7.91. The zero-order valence-electron chi connectivity index (χ0n) is 16.7. The molecule has 0 saturated carbocycles. The van der Waals surface area contributed by atoms with Crippen molar-refractivity contribution >= 4 is 17.4 Å². The van der Waals surface area contributed by atoms with Gasteiger partial charge < -0.3 is 19.2 Å². The van der Waals surface area contributed by atoms with E-state index in [0.717, 1.165) is 11.1 Å². The highest BCUT2D eigenvalue weighted by atomic mass is 16.5. The summed E-state index contributed by atoms with van der Waals surface area (Å²) in [6.07, 6.45) is 1.48. The number of benzene rings is 2. The van der Waals surface area contributed by atoms with Crippen LogP contribution in [-0.2, 0) is 16.1 Å². The van der Waals surface area contributed by atoms with E-state index in [9.17, 15) is 14.7 Å². The van der Waals surface area contributed by atoms with E-state index < -0.39 is 17.7 Å². The minimum Gasteiger partial charge on any atom is -0.507 e. The molecule has 0 bridgehead atoms. The van der Waals surface area contributed by atoms with E-state index in [1.54, 1.807) is 37.4 Å². The largest absolute Gasteiger partial charge is 0.507 e. The average molecular weight is 403 g/mol. The molecular weight excluding hydrogens is 382 g/mol. The number of likely N-dealkylation sites (tertiary alicyclic amines) is 1. The van der Waals surface area contributed by atoms with Crippen LogP contribution in [-0.4, -0.2) is 28.8 Å². The number of aliphatic hydroxyl groups is 1. The number of rotatable bonds is 5. The number of para-hydroxylation sites is 1. The lowest BCUT2D eigenvalue weighted by Gasteiger charge is -2.24. The SMILES string of the molecule is COc1ccccc1CN1C(=O)C(=O)/C(=C(\O)c2ccc(C)cc2)C1c1ccco1. The van der Waals surface area contributed by atoms with Gasteiger partial charge in [0.05, 0.1) is 25.5 Å². The number of furan rings is 1. The maximum Gasteiger partial charge on any atom is 0.296 e. The van der Waals surface area contributed by atoms with E-state index in [0.29, 0.717) is 17.1 Å². The van der Waals surface area contributed by atoms with Gasteiger partial charge in [-0.15, -0.1) is 0 Å². The Kier molecular flexibility index (Phi) is 5.14. The maximum absolute atomic E-state index is 13.0. The highest BCUT2D eigenvalue weighted by molar-refractivity contribution is 6.46. The predicted octanol–water partition coefficient (Wildman–Crippen LogP) is 4.22. The van der Waals surface area contributed by atoms with Gasteiger partial charge >= 0.3 is 0 Å². The fourth-order valence-electron chi connectivity index (χ4n) is 3.67. The van der Waals surface area contributed by atoms with E-state index in [-0.39, 0.29) is 17.9 Å². The maximum atomic E-state index is 13.0. The number of carbonyl (C=O) groups excluding carboxylic acids is 2. The Balaban J connectivity index is 1.83. The Labute approximate surface area is 174 Å². The summed E-state index contributed by atoms with van der Waals surface area (Å²) in [4.78, 5) is 27.3. The van der Waals surface area contributed by atoms with E-state index in [2.05, 4.69) is 0 Å². The van der Waals surface area contributed by atoms with Gasteiger partial charge in [-0.1, -0.05) is 48.0 Å². The van der Waals surface area contributed by atoms with Crippen molar-refractivity contribution in [2.45, 2.75) is 19.5 Å². The zero-order chi connectivity index (χ0) is 21.3. The number of aryl methyl sites for hydroxylation is 1. The number of amides is 1. The first-order valence-electron chi connectivity index (χ1n) is 9.52. The lowest BCUT2D eigenvalue weighted by molar-refractivity contribution is -0.140. The summed E-state index contributed by atoms with van der Waals surface area (Å²) in [5, 5.41) is 11.0. The molecule has 6 heteroatoms. The number of carbonyl (C=O) groups is 2. The van der Waals surface area contributed by atoms with Gasteiger partial charge in [0.2, 0.25) is 0 Å². The van der Waals surface area contributed by atoms with Crippen LogP contribution in [0.1, 0.15) is 28.5 Å². The number of ether oxygens (including phenoxy) is 1. The minimum atomic E-state index is -0.841. The monoisotopic (exact) mass is 403 g/mol. The first-order valence-corrected chi connectivity index (χ1v) is 9.52. The molecule has 3 aromatic rings. The number of methoxy groups -OCH3 is 1. The number of hydrogen-bond donors (Lipinski definition) is 1. The molecule has 1 amide bonds. The molecule has 1 saturated heterocycles. The third-order valence-corrected chi connectivity index (χ3v) is 5.21. The van der Waals surface area contributed by atoms with Crippen LogP contribution in [0.3, 0.4) is 0 Å². The van der Waals surface area contributed by atoms with Crippen LogP contribution in [0.4, 0.5) is 0 Å². The van der Waals surface area contributed by atoms with Crippen LogP contribution in [0.15, 0.2) is 76.9 Å². The molecule has 0 spiro atoms. The molecule has 2 aromatic carbocycles. The van der Waals surface area contributed by atoms with E-state index >= 15 is 0 Å². The molecule has 30 heavy (non-hydrogen) atoms. The molecule has 1 aromatic heterocycles. The van der Waals surface area contributed by atoms with Crippen molar-refractivity contribution in [1.82, 2.24) is 4.90 Å². The Hall–Kier alpha value is -3.80. The van der Waals surface area contributed by atoms with Gasteiger partial charge in [0.1, 0.15) is 23.3 Å². The van der Waals surface area contributed by atoms with Crippen molar-refractivity contribution in [2.75, 3.05) is 7.11 Å². The van der Waals surface area contributed by atoms with Gasteiger partial charge in [-0.05, 0) is 25.1 Å². The molecule has 1 unspecified atom stereocenters. The van der Waals surface area contributed by atoms with Crippen molar-refractivity contribution in [3.63, 3.8) is 0 Å². The van der Waals surface area contributed by atoms with Crippen LogP contribution in [0.2, 0.25) is 0 Å². The molecule has 2 heterocycles. The summed E-state index contributed by atoms with van der Waals surface area (Å²) >= 11 is 0. The Morgan fingerprint density at radius 1 is 1.07 bits per heavy atom. The van der Waals surface area contributed by atoms with Crippen molar-refractivity contribution in [3.05, 3.63) is 95.0 Å². The molecule has 1 atom stereocenters. The van der Waals surface area contributed by atoms with E-state index in [1.165, 1.54) is 11.2 Å². The van der Waals surface area contributed by atoms with Crippen molar-refractivity contribution in [3.8, 4) is 5.75 Å². The molecule has 152 valence electrons. The van der Waals surface area contributed by atoms with Crippen LogP contribution < -0.4 is 4.74 Å². The van der Waals surface area contributed by atoms with Crippen LogP contribution in [0, 0.1) is 6.92 Å². The topological polar surface area (TPSA) is 80.0 Å². The standard InChI is InChI=1S/C24H21NO5/c1-15-9-11-16(12-10-15)22(26)20-21(19-8-5-13-30-19)25(24(28)23(20)27)14-17-6-3-4-7-18(17)29-2/h3-13,21,26H,14H2,1-2H3/b22-20-. The van der Waals surface area contributed by atoms with E-state index in [1.807, 2.05) is 37.3 Å². The highest BCUT2D eigenvalue weighted by Crippen LogP contribution is 2.41. The average Bonchev–Trinajstić information content (AvgIpc) is 3.37. The van der Waals surface area contributed by atoms with Gasteiger partial charge in [0.25, 0.3) is 11.7 Å². The van der Waals surface area contributed by atoms with Crippen molar-refractivity contribution in [1.29, 1.82) is 0 Å². The zero-order valence-corrected chi connectivity index (χ0v) is 16.7. The van der Waals surface area contributed by atoms with Crippen molar-refractivity contribution < 1.29 is 23.8 Å². The number of ketones is 1. The molecule has 6 nitrogen and oxygen atoms in total. The van der Waals surface area contributed by atoms with Gasteiger partial charge in [0.15, 0.2) is 0 Å². The number of Topliss-reactive ketones (excluding diaryl/α,β-unsaturated/α-hetero) is 1. The lowest BCUT2D eigenvalue weighted by atomic mass is 9.98. The van der Waals surface area contributed by atoms with Gasteiger partial charge in [-0.25, -0.2) is 0 Å². The molecular formula is C24H21NO5. The van der Waals surface area contributed by atoms with E-state index in [4.69, 9.17) is 9.15 Å². The third-order valence-electron chi connectivity index (χ3n) is 5.21. The summed E-state index contributed by atoms with van der Waals surface area (Å²) in [7, 11) is 1.55. The normalized spacial score (nSPS) is 18.1. The summed E-state index contributed by atoms with van der Waals surface area (Å²) < 4.78 is 10.9. The quantitative estimate of drug-likeness (QED) is 0.392. The van der Waals surface area contributed by atoms with Gasteiger partial charge in [0, 0.05) is 11.1 Å². The molecule has 4 rings (SSSR count). The predicted molar refractivity (Wildman–Crippen MR) is 111 cm³/mol. The third kappa shape index (κ3) is 3.37. The lowest BCUT2D eigenvalue weighted by Crippen LogP contribution is -2.29. The molecule has 1 aliphatic rings. The van der Waals surface area contributed by atoms with Gasteiger partial charge in [-0.2, -0.15) is 0 Å². The van der Waals surface area contributed by atoms with Crippen LogP contribution in [0.5, 0.6) is 5.75 Å². The Morgan fingerprint density at radius 3 is 2.47 bits per heavy atom. The molecule has 1 aliphatic heterocycles.